The summed E-state index contributed by atoms with van der Waals surface area (Å²) in [6, 6.07) is 6.14. The molecule has 2 atom stereocenters. The van der Waals surface area contributed by atoms with Gasteiger partial charge in [-0.15, -0.1) is 0 Å². The van der Waals surface area contributed by atoms with Crippen molar-refractivity contribution in [3.8, 4) is 0 Å². The van der Waals surface area contributed by atoms with Crippen molar-refractivity contribution in [1.82, 2.24) is 5.32 Å². The van der Waals surface area contributed by atoms with Crippen molar-refractivity contribution < 1.29 is 19.2 Å². The predicted octanol–water partition coefficient (Wildman–Crippen LogP) is 4.54. The molecule has 2 aliphatic carbocycles. The molecule has 1 saturated carbocycles. The van der Waals surface area contributed by atoms with Gasteiger partial charge in [0.25, 0.3) is 5.69 Å². The standard InChI is InChI=1S/C24H28N2O5/c1-14-20(23(28)31-17-6-4-5-7-17)21(15-8-10-16(11-9-15)26(29)30)22-18(25-14)12-24(2,3)13-19(22)27/h8-12,17,21-22,25H,4-7,13H2,1-3H3. The second-order valence-corrected chi connectivity index (χ2v) is 9.51. The van der Waals surface area contributed by atoms with Crippen LogP contribution in [0.1, 0.15) is 64.4 Å². The van der Waals surface area contributed by atoms with E-state index in [0.717, 1.165) is 31.4 Å². The fraction of sp³-hybridized carbons (Fsp3) is 0.500. The van der Waals surface area contributed by atoms with Crippen LogP contribution in [0.25, 0.3) is 0 Å². The fourth-order valence-corrected chi connectivity index (χ4v) is 5.12. The van der Waals surface area contributed by atoms with Crippen LogP contribution in [0, 0.1) is 21.4 Å². The number of non-ortho nitro benzene ring substituents is 1. The van der Waals surface area contributed by atoms with E-state index in [9.17, 15) is 19.7 Å². The van der Waals surface area contributed by atoms with Gasteiger partial charge in [0, 0.05) is 35.9 Å². The predicted molar refractivity (Wildman–Crippen MR) is 115 cm³/mol. The van der Waals surface area contributed by atoms with Gasteiger partial charge in [-0.1, -0.05) is 32.1 Å². The Labute approximate surface area is 181 Å². The van der Waals surface area contributed by atoms with Crippen LogP contribution < -0.4 is 5.32 Å². The summed E-state index contributed by atoms with van der Waals surface area (Å²) in [5.74, 6) is -1.43. The highest BCUT2D eigenvalue weighted by Crippen LogP contribution is 2.47. The maximum absolute atomic E-state index is 13.3. The van der Waals surface area contributed by atoms with E-state index in [1.54, 1.807) is 12.1 Å². The van der Waals surface area contributed by atoms with Gasteiger partial charge in [0.2, 0.25) is 0 Å². The number of rotatable bonds is 4. The number of carbonyl (C=O) groups is 2. The van der Waals surface area contributed by atoms with Gasteiger partial charge in [-0.3, -0.25) is 14.9 Å². The number of nitro benzene ring substituents is 1. The maximum Gasteiger partial charge on any atom is 0.336 e. The zero-order chi connectivity index (χ0) is 22.3. The van der Waals surface area contributed by atoms with Crippen LogP contribution in [0.2, 0.25) is 0 Å². The highest BCUT2D eigenvalue weighted by molar-refractivity contribution is 5.96. The summed E-state index contributed by atoms with van der Waals surface area (Å²) in [5, 5.41) is 14.4. The molecule has 3 aliphatic rings. The normalized spacial score (nSPS) is 25.5. The number of ether oxygens (including phenoxy) is 1. The molecule has 7 nitrogen and oxygen atoms in total. The van der Waals surface area contributed by atoms with E-state index in [4.69, 9.17) is 4.74 Å². The molecule has 1 aromatic carbocycles. The third kappa shape index (κ3) is 4.13. The van der Waals surface area contributed by atoms with Gasteiger partial charge in [-0.05, 0) is 43.6 Å². The van der Waals surface area contributed by atoms with Gasteiger partial charge in [0.15, 0.2) is 0 Å². The first-order valence-electron chi connectivity index (χ1n) is 10.8. The van der Waals surface area contributed by atoms with Crippen LogP contribution in [-0.2, 0) is 14.3 Å². The fourth-order valence-electron chi connectivity index (χ4n) is 5.12. The lowest BCUT2D eigenvalue weighted by molar-refractivity contribution is -0.384. The minimum absolute atomic E-state index is 0.0275. The molecule has 2 unspecified atom stereocenters. The van der Waals surface area contributed by atoms with E-state index in [2.05, 4.69) is 11.4 Å². The molecule has 1 N–H and O–H groups in total. The minimum atomic E-state index is -0.538. The second kappa shape index (κ2) is 7.94. The molecule has 0 radical (unpaired) electrons. The molecular formula is C24H28N2O5. The van der Waals surface area contributed by atoms with E-state index < -0.39 is 22.7 Å². The van der Waals surface area contributed by atoms with Gasteiger partial charge in [-0.25, -0.2) is 4.79 Å². The molecule has 4 rings (SSSR count). The number of fused-ring (bicyclic) bond motifs is 1. The van der Waals surface area contributed by atoms with E-state index in [-0.39, 0.29) is 23.0 Å². The third-order valence-corrected chi connectivity index (χ3v) is 6.50. The Morgan fingerprint density at radius 3 is 2.42 bits per heavy atom. The van der Waals surface area contributed by atoms with Crippen LogP contribution in [0.4, 0.5) is 5.69 Å². The highest BCUT2D eigenvalue weighted by Gasteiger charge is 2.46. The largest absolute Gasteiger partial charge is 0.459 e. The minimum Gasteiger partial charge on any atom is -0.459 e. The lowest BCUT2D eigenvalue weighted by Gasteiger charge is -2.41. The van der Waals surface area contributed by atoms with Crippen molar-refractivity contribution in [2.45, 2.75) is 64.9 Å². The third-order valence-electron chi connectivity index (χ3n) is 6.50. The molecule has 1 aromatic rings. The first kappa shape index (κ1) is 21.3. The second-order valence-electron chi connectivity index (χ2n) is 9.51. The first-order chi connectivity index (χ1) is 14.7. The van der Waals surface area contributed by atoms with Crippen molar-refractivity contribution in [2.24, 2.45) is 11.3 Å². The monoisotopic (exact) mass is 424 g/mol. The molecule has 0 saturated heterocycles. The first-order valence-corrected chi connectivity index (χ1v) is 10.8. The Morgan fingerprint density at radius 2 is 1.81 bits per heavy atom. The molecule has 0 aromatic heterocycles. The van der Waals surface area contributed by atoms with Gasteiger partial charge in [0.05, 0.1) is 16.4 Å². The molecule has 0 spiro atoms. The number of esters is 1. The molecular weight excluding hydrogens is 396 g/mol. The Hall–Kier alpha value is -2.96. The number of nitrogens with zero attached hydrogens (tertiary/aromatic N) is 1. The van der Waals surface area contributed by atoms with Crippen LogP contribution in [-0.4, -0.2) is 22.8 Å². The average molecular weight is 424 g/mol. The van der Waals surface area contributed by atoms with E-state index in [1.807, 2.05) is 20.8 Å². The molecule has 31 heavy (non-hydrogen) atoms. The summed E-state index contributed by atoms with van der Waals surface area (Å²) in [6.07, 6.45) is 6.15. The summed E-state index contributed by atoms with van der Waals surface area (Å²) in [5.41, 5.74) is 2.29. The average Bonchev–Trinajstić information content (AvgIpc) is 3.18. The number of nitro groups is 1. The summed E-state index contributed by atoms with van der Waals surface area (Å²) in [7, 11) is 0. The summed E-state index contributed by atoms with van der Waals surface area (Å²) in [4.78, 5) is 37.2. The molecule has 0 bridgehead atoms. The number of ketones is 1. The Balaban J connectivity index is 1.79. The van der Waals surface area contributed by atoms with Crippen LogP contribution in [0.15, 0.2) is 47.3 Å². The van der Waals surface area contributed by atoms with E-state index in [1.165, 1.54) is 12.1 Å². The van der Waals surface area contributed by atoms with Crippen molar-refractivity contribution in [2.75, 3.05) is 0 Å². The zero-order valence-electron chi connectivity index (χ0n) is 18.1. The molecule has 0 amide bonds. The van der Waals surface area contributed by atoms with Crippen molar-refractivity contribution in [3.63, 3.8) is 0 Å². The molecule has 164 valence electrons. The van der Waals surface area contributed by atoms with Gasteiger partial charge >= 0.3 is 5.97 Å². The van der Waals surface area contributed by atoms with Crippen molar-refractivity contribution in [3.05, 3.63) is 63.0 Å². The Morgan fingerprint density at radius 1 is 1.16 bits per heavy atom. The molecule has 1 heterocycles. The molecule has 7 heteroatoms. The molecule has 1 aliphatic heterocycles. The topological polar surface area (TPSA) is 98.5 Å². The summed E-state index contributed by atoms with van der Waals surface area (Å²) < 4.78 is 5.82. The van der Waals surface area contributed by atoms with E-state index in [0.29, 0.717) is 23.3 Å². The molecule has 1 fully saturated rings. The number of nitrogens with one attached hydrogen (secondary N) is 1. The summed E-state index contributed by atoms with van der Waals surface area (Å²) >= 11 is 0. The van der Waals surface area contributed by atoms with Gasteiger partial charge < -0.3 is 10.1 Å². The lowest BCUT2D eigenvalue weighted by atomic mass is 9.66. The van der Waals surface area contributed by atoms with Gasteiger partial charge in [0.1, 0.15) is 11.9 Å². The van der Waals surface area contributed by atoms with Crippen molar-refractivity contribution in [1.29, 1.82) is 0 Å². The number of Topliss-reactive ketones (excluding diaryl/α,β-unsaturated/α-hetero) is 1. The van der Waals surface area contributed by atoms with Crippen LogP contribution >= 0.6 is 0 Å². The lowest BCUT2D eigenvalue weighted by Crippen LogP contribution is -2.43. The number of hydrogen-bond donors (Lipinski definition) is 1. The van der Waals surface area contributed by atoms with E-state index >= 15 is 0 Å². The number of hydrogen-bond acceptors (Lipinski definition) is 6. The number of benzene rings is 1. The zero-order valence-corrected chi connectivity index (χ0v) is 18.1. The SMILES string of the molecule is CC1=C(C(=O)OC2CCCC2)C(c2ccc([N+](=O)[O-])cc2)C2C(=O)CC(C)(C)C=C2N1. The van der Waals surface area contributed by atoms with Gasteiger partial charge in [-0.2, -0.15) is 0 Å². The van der Waals surface area contributed by atoms with Crippen LogP contribution in [0.5, 0.6) is 0 Å². The van der Waals surface area contributed by atoms with Crippen LogP contribution in [0.3, 0.4) is 0 Å². The number of carbonyl (C=O) groups excluding carboxylic acids is 2. The highest BCUT2D eigenvalue weighted by atomic mass is 16.6. The van der Waals surface area contributed by atoms with Crippen molar-refractivity contribution >= 4 is 17.4 Å². The quantitative estimate of drug-likeness (QED) is 0.433. The number of allylic oxidation sites excluding steroid dienone is 3. The maximum atomic E-state index is 13.3. The Kier molecular flexibility index (Phi) is 5.45. The smallest absolute Gasteiger partial charge is 0.336 e. The Bertz CT molecular complexity index is 984. The summed E-state index contributed by atoms with van der Waals surface area (Å²) in [6.45, 7) is 5.85.